The van der Waals surface area contributed by atoms with Crippen LogP contribution in [0.25, 0.3) is 11.1 Å². The average Bonchev–Trinajstić information content (AvgIpc) is 3.46. The molecule has 4 rings (SSSR count). The molecule has 2 heterocycles. The van der Waals surface area contributed by atoms with E-state index in [0.717, 1.165) is 33.1 Å². The quantitative estimate of drug-likeness (QED) is 0.213. The normalized spacial score (nSPS) is 10.8. The number of amides is 1. The van der Waals surface area contributed by atoms with Gasteiger partial charge in [-0.3, -0.25) is 4.79 Å². The zero-order chi connectivity index (χ0) is 26.4. The lowest BCUT2D eigenvalue weighted by Gasteiger charge is -2.09. The van der Waals surface area contributed by atoms with E-state index < -0.39 is 5.97 Å². The van der Waals surface area contributed by atoms with Gasteiger partial charge in [0.1, 0.15) is 22.1 Å². The van der Waals surface area contributed by atoms with Gasteiger partial charge >= 0.3 is 5.97 Å². The fourth-order valence-corrected chi connectivity index (χ4v) is 5.88. The second-order valence-electron chi connectivity index (χ2n) is 8.10. The van der Waals surface area contributed by atoms with Crippen molar-refractivity contribution in [3.63, 3.8) is 0 Å². The van der Waals surface area contributed by atoms with E-state index in [1.165, 1.54) is 30.2 Å². The molecule has 2 aromatic carbocycles. The minimum atomic E-state index is -0.486. The Hall–Kier alpha value is -3.63. The van der Waals surface area contributed by atoms with Crippen molar-refractivity contribution in [2.24, 2.45) is 0 Å². The van der Waals surface area contributed by atoms with Crippen molar-refractivity contribution < 1.29 is 19.1 Å². The molecule has 0 aliphatic rings. The van der Waals surface area contributed by atoms with Crippen LogP contribution in [0.1, 0.15) is 33.5 Å². The van der Waals surface area contributed by atoms with Gasteiger partial charge in [0, 0.05) is 23.4 Å². The number of benzene rings is 2. The number of anilines is 1. The molecular formula is C27H28N4O4S2. The Bertz CT molecular complexity index is 1380. The van der Waals surface area contributed by atoms with Crippen molar-refractivity contribution in [2.75, 3.05) is 25.3 Å². The standard InChI is InChI=1S/C27H28N4O4S2/c1-5-31-21(15-18-11-13-20(34-3)14-12-18)29-30-27(31)36-16-22(32)28-25-24(26(33)35-4)23(17(2)37-25)19-9-7-6-8-10-19/h6-14H,5,15-16H2,1-4H3,(H,28,32). The molecule has 0 saturated carbocycles. The van der Waals surface area contributed by atoms with Gasteiger partial charge in [0.25, 0.3) is 0 Å². The monoisotopic (exact) mass is 536 g/mol. The molecule has 1 amide bonds. The number of thiophene rings is 1. The zero-order valence-corrected chi connectivity index (χ0v) is 22.7. The molecule has 0 aliphatic heterocycles. The first-order valence-electron chi connectivity index (χ1n) is 11.7. The Morgan fingerprint density at radius 2 is 1.78 bits per heavy atom. The molecule has 0 aliphatic carbocycles. The molecule has 192 valence electrons. The maximum absolute atomic E-state index is 12.9. The molecule has 37 heavy (non-hydrogen) atoms. The maximum atomic E-state index is 12.9. The second kappa shape index (κ2) is 12.1. The Labute approximate surface area is 224 Å². The number of rotatable bonds is 10. The number of aryl methyl sites for hydroxylation is 1. The van der Waals surface area contributed by atoms with E-state index in [9.17, 15) is 9.59 Å². The number of thioether (sulfide) groups is 1. The van der Waals surface area contributed by atoms with Gasteiger partial charge in [-0.1, -0.05) is 54.2 Å². The van der Waals surface area contributed by atoms with Crippen molar-refractivity contribution in [1.29, 1.82) is 0 Å². The number of esters is 1. The maximum Gasteiger partial charge on any atom is 0.341 e. The number of nitrogens with one attached hydrogen (secondary N) is 1. The first-order chi connectivity index (χ1) is 17.9. The molecular weight excluding hydrogens is 508 g/mol. The van der Waals surface area contributed by atoms with Gasteiger partial charge in [-0.15, -0.1) is 21.5 Å². The van der Waals surface area contributed by atoms with Gasteiger partial charge in [0.2, 0.25) is 5.91 Å². The fraction of sp³-hybridized carbons (Fsp3) is 0.259. The van der Waals surface area contributed by atoms with Gasteiger partial charge in [0.15, 0.2) is 5.16 Å². The summed E-state index contributed by atoms with van der Waals surface area (Å²) in [5, 5.41) is 12.7. The van der Waals surface area contributed by atoms with Crippen LogP contribution in [0.3, 0.4) is 0 Å². The summed E-state index contributed by atoms with van der Waals surface area (Å²) in [7, 11) is 2.98. The summed E-state index contributed by atoms with van der Waals surface area (Å²) in [6.07, 6.45) is 0.622. The summed E-state index contributed by atoms with van der Waals surface area (Å²) < 4.78 is 12.3. The Morgan fingerprint density at radius 3 is 2.43 bits per heavy atom. The molecule has 0 unspecified atom stereocenters. The molecule has 0 bridgehead atoms. The Morgan fingerprint density at radius 1 is 1.05 bits per heavy atom. The van der Waals surface area contributed by atoms with Crippen LogP contribution in [0.5, 0.6) is 5.75 Å². The minimum Gasteiger partial charge on any atom is -0.497 e. The Kier molecular flexibility index (Phi) is 8.62. The number of carbonyl (C=O) groups excluding carboxylic acids is 2. The highest BCUT2D eigenvalue weighted by molar-refractivity contribution is 7.99. The van der Waals surface area contributed by atoms with Crippen LogP contribution >= 0.6 is 23.1 Å². The van der Waals surface area contributed by atoms with Crippen LogP contribution in [-0.2, 0) is 22.5 Å². The zero-order valence-electron chi connectivity index (χ0n) is 21.1. The van der Waals surface area contributed by atoms with Crippen molar-refractivity contribution in [2.45, 2.75) is 32.0 Å². The lowest BCUT2D eigenvalue weighted by molar-refractivity contribution is -0.113. The van der Waals surface area contributed by atoms with Gasteiger partial charge in [-0.2, -0.15) is 0 Å². The van der Waals surface area contributed by atoms with E-state index in [1.54, 1.807) is 7.11 Å². The van der Waals surface area contributed by atoms with Gasteiger partial charge in [-0.05, 0) is 37.1 Å². The highest BCUT2D eigenvalue weighted by Crippen LogP contribution is 2.40. The predicted molar refractivity (Wildman–Crippen MR) is 147 cm³/mol. The molecule has 0 fully saturated rings. The van der Waals surface area contributed by atoms with Gasteiger partial charge in [-0.25, -0.2) is 4.79 Å². The topological polar surface area (TPSA) is 95.3 Å². The third-order valence-corrected chi connectivity index (χ3v) is 7.74. The van der Waals surface area contributed by atoms with E-state index in [-0.39, 0.29) is 11.7 Å². The van der Waals surface area contributed by atoms with Crippen LogP contribution in [0.15, 0.2) is 59.8 Å². The summed E-state index contributed by atoms with van der Waals surface area (Å²) in [6, 6.07) is 17.4. The van der Waals surface area contributed by atoms with Crippen LogP contribution in [-0.4, -0.2) is 46.6 Å². The SMILES string of the molecule is CCn1c(Cc2ccc(OC)cc2)nnc1SCC(=O)Nc1sc(C)c(-c2ccccc2)c1C(=O)OC. The molecule has 10 heteroatoms. The van der Waals surface area contributed by atoms with Gasteiger partial charge in [0.05, 0.1) is 20.0 Å². The number of hydrogen-bond acceptors (Lipinski definition) is 8. The van der Waals surface area contributed by atoms with Crippen molar-refractivity contribution in [3.8, 4) is 16.9 Å². The number of nitrogens with zero attached hydrogens (tertiary/aromatic N) is 3. The van der Waals surface area contributed by atoms with E-state index >= 15 is 0 Å². The minimum absolute atomic E-state index is 0.124. The van der Waals surface area contributed by atoms with Crippen LogP contribution in [0.4, 0.5) is 5.00 Å². The van der Waals surface area contributed by atoms with Crippen molar-refractivity contribution >= 4 is 40.0 Å². The summed E-state index contributed by atoms with van der Waals surface area (Å²) in [5.74, 6) is 1.03. The third-order valence-electron chi connectivity index (χ3n) is 5.75. The van der Waals surface area contributed by atoms with Gasteiger partial charge < -0.3 is 19.4 Å². The lowest BCUT2D eigenvalue weighted by Crippen LogP contribution is -2.16. The smallest absolute Gasteiger partial charge is 0.341 e. The number of hydrogen-bond donors (Lipinski definition) is 1. The fourth-order valence-electron chi connectivity index (χ4n) is 3.97. The van der Waals surface area contributed by atoms with Crippen molar-refractivity contribution in [3.05, 3.63) is 76.4 Å². The van der Waals surface area contributed by atoms with Crippen LogP contribution < -0.4 is 10.1 Å². The average molecular weight is 537 g/mol. The number of methoxy groups -OCH3 is 2. The summed E-state index contributed by atoms with van der Waals surface area (Å²) >= 11 is 2.67. The number of ether oxygens (including phenoxy) is 2. The molecule has 4 aromatic rings. The van der Waals surface area contributed by atoms with Crippen molar-refractivity contribution in [1.82, 2.24) is 14.8 Å². The largest absolute Gasteiger partial charge is 0.497 e. The summed E-state index contributed by atoms with van der Waals surface area (Å²) in [4.78, 5) is 26.5. The highest BCUT2D eigenvalue weighted by atomic mass is 32.2. The molecule has 2 aromatic heterocycles. The molecule has 0 atom stereocenters. The summed E-state index contributed by atoms with van der Waals surface area (Å²) in [6.45, 7) is 4.63. The second-order valence-corrected chi connectivity index (χ2v) is 10.3. The number of aromatic nitrogens is 3. The first-order valence-corrected chi connectivity index (χ1v) is 13.5. The van der Waals surface area contributed by atoms with Crippen LogP contribution in [0, 0.1) is 6.92 Å². The van der Waals surface area contributed by atoms with E-state index in [4.69, 9.17) is 9.47 Å². The third kappa shape index (κ3) is 6.03. The lowest BCUT2D eigenvalue weighted by atomic mass is 10.0. The molecule has 8 nitrogen and oxygen atoms in total. The number of carbonyl (C=O) groups is 2. The highest BCUT2D eigenvalue weighted by Gasteiger charge is 2.25. The molecule has 0 spiro atoms. The molecule has 0 saturated heterocycles. The molecule has 0 radical (unpaired) electrons. The predicted octanol–water partition coefficient (Wildman–Crippen LogP) is 5.45. The first kappa shape index (κ1) is 26.4. The van der Waals surface area contributed by atoms with Crippen LogP contribution in [0.2, 0.25) is 0 Å². The van der Waals surface area contributed by atoms with E-state index in [2.05, 4.69) is 15.5 Å². The Balaban J connectivity index is 1.47. The summed E-state index contributed by atoms with van der Waals surface area (Å²) in [5.41, 5.74) is 3.13. The van der Waals surface area contributed by atoms with E-state index in [1.807, 2.05) is 73.0 Å². The van der Waals surface area contributed by atoms with E-state index in [0.29, 0.717) is 28.7 Å². The molecule has 1 N–H and O–H groups in total.